The van der Waals surface area contributed by atoms with Gasteiger partial charge in [0.15, 0.2) is 0 Å². The summed E-state index contributed by atoms with van der Waals surface area (Å²) >= 11 is 0. The molecule has 1 atom stereocenters. The molecular formula is C16H26N2O3. The molecule has 1 unspecified atom stereocenters. The number of β-amino-alcohol motifs (C(OH)–C–C–N with tert-alkyl or cyclic N) is 2. The third-order valence-corrected chi connectivity index (χ3v) is 3.77. The second kappa shape index (κ2) is 9.12. The molecule has 118 valence electrons. The van der Waals surface area contributed by atoms with Crippen molar-refractivity contribution in [1.29, 1.82) is 0 Å². The standard InChI is InChI=1S/C16H26N2O3/c19-11-10-17-6-8-18(9-7-17)12-16(20)14-21-13-15-4-2-1-3-5-15/h1-5,16,19-20H,6-14H2. The molecule has 0 radical (unpaired) electrons. The van der Waals surface area contributed by atoms with E-state index < -0.39 is 6.10 Å². The van der Waals surface area contributed by atoms with Crippen LogP contribution in [-0.2, 0) is 11.3 Å². The number of hydrogen-bond donors (Lipinski definition) is 2. The predicted molar refractivity (Wildman–Crippen MR) is 82.1 cm³/mol. The Hall–Kier alpha value is -0.980. The minimum atomic E-state index is -0.446. The number of benzene rings is 1. The highest BCUT2D eigenvalue weighted by Crippen LogP contribution is 2.04. The van der Waals surface area contributed by atoms with Gasteiger partial charge in [0.05, 0.1) is 25.9 Å². The topological polar surface area (TPSA) is 56.2 Å². The van der Waals surface area contributed by atoms with E-state index >= 15 is 0 Å². The quantitative estimate of drug-likeness (QED) is 0.716. The molecule has 1 aliphatic rings. The van der Waals surface area contributed by atoms with Crippen LogP contribution < -0.4 is 0 Å². The molecule has 5 heteroatoms. The van der Waals surface area contributed by atoms with Crippen molar-refractivity contribution in [3.05, 3.63) is 35.9 Å². The van der Waals surface area contributed by atoms with E-state index in [0.29, 0.717) is 19.8 Å². The van der Waals surface area contributed by atoms with Crippen molar-refractivity contribution < 1.29 is 14.9 Å². The summed E-state index contributed by atoms with van der Waals surface area (Å²) in [5.74, 6) is 0. The van der Waals surface area contributed by atoms with Gasteiger partial charge < -0.3 is 14.9 Å². The number of ether oxygens (including phenoxy) is 1. The minimum absolute atomic E-state index is 0.218. The average Bonchev–Trinajstić information content (AvgIpc) is 2.51. The summed E-state index contributed by atoms with van der Waals surface area (Å²) in [5.41, 5.74) is 1.13. The summed E-state index contributed by atoms with van der Waals surface area (Å²) in [4.78, 5) is 4.50. The van der Waals surface area contributed by atoms with Gasteiger partial charge in [-0.1, -0.05) is 30.3 Å². The molecule has 5 nitrogen and oxygen atoms in total. The van der Waals surface area contributed by atoms with Crippen molar-refractivity contribution in [2.75, 3.05) is 52.5 Å². The van der Waals surface area contributed by atoms with Crippen LogP contribution in [0.4, 0.5) is 0 Å². The van der Waals surface area contributed by atoms with E-state index in [0.717, 1.165) is 38.3 Å². The van der Waals surface area contributed by atoms with Crippen LogP contribution in [0, 0.1) is 0 Å². The SMILES string of the molecule is OCCN1CCN(CC(O)COCc2ccccc2)CC1. The van der Waals surface area contributed by atoms with E-state index in [1.54, 1.807) is 0 Å². The lowest BCUT2D eigenvalue weighted by molar-refractivity contribution is 0.000520. The van der Waals surface area contributed by atoms with Crippen molar-refractivity contribution >= 4 is 0 Å². The number of nitrogens with zero attached hydrogens (tertiary/aromatic N) is 2. The third kappa shape index (κ3) is 6.11. The van der Waals surface area contributed by atoms with Crippen LogP contribution in [0.15, 0.2) is 30.3 Å². The lowest BCUT2D eigenvalue weighted by atomic mass is 10.2. The van der Waals surface area contributed by atoms with Crippen molar-refractivity contribution in [3.63, 3.8) is 0 Å². The van der Waals surface area contributed by atoms with Gasteiger partial charge in [0, 0.05) is 39.3 Å². The van der Waals surface area contributed by atoms with Crippen molar-refractivity contribution in [2.24, 2.45) is 0 Å². The smallest absolute Gasteiger partial charge is 0.0900 e. The Bertz CT molecular complexity index is 380. The first-order chi connectivity index (χ1) is 10.3. The molecule has 1 fully saturated rings. The van der Waals surface area contributed by atoms with E-state index in [4.69, 9.17) is 9.84 Å². The molecule has 1 heterocycles. The van der Waals surface area contributed by atoms with Gasteiger partial charge in [-0.3, -0.25) is 9.80 Å². The first kappa shape index (κ1) is 16.4. The second-order valence-corrected chi connectivity index (χ2v) is 5.52. The van der Waals surface area contributed by atoms with E-state index in [1.165, 1.54) is 0 Å². The largest absolute Gasteiger partial charge is 0.395 e. The van der Waals surface area contributed by atoms with Gasteiger partial charge in [-0.2, -0.15) is 0 Å². The molecule has 0 spiro atoms. The van der Waals surface area contributed by atoms with Gasteiger partial charge in [-0.15, -0.1) is 0 Å². The van der Waals surface area contributed by atoms with E-state index in [-0.39, 0.29) is 6.61 Å². The summed E-state index contributed by atoms with van der Waals surface area (Å²) in [7, 11) is 0. The van der Waals surface area contributed by atoms with Gasteiger partial charge in [0.1, 0.15) is 0 Å². The zero-order valence-electron chi connectivity index (χ0n) is 12.5. The molecule has 1 aromatic carbocycles. The highest BCUT2D eigenvalue weighted by Gasteiger charge is 2.18. The second-order valence-electron chi connectivity index (χ2n) is 5.52. The number of aliphatic hydroxyl groups is 2. The molecule has 0 amide bonds. The van der Waals surface area contributed by atoms with Crippen molar-refractivity contribution in [1.82, 2.24) is 9.80 Å². The Balaban J connectivity index is 1.58. The predicted octanol–water partition coefficient (Wildman–Crippen LogP) is 0.174. The van der Waals surface area contributed by atoms with E-state index in [9.17, 15) is 5.11 Å². The maximum absolute atomic E-state index is 10.0. The molecule has 0 bridgehead atoms. The van der Waals surface area contributed by atoms with E-state index in [1.807, 2.05) is 30.3 Å². The van der Waals surface area contributed by atoms with Crippen LogP contribution in [0.3, 0.4) is 0 Å². The average molecular weight is 294 g/mol. The molecule has 2 rings (SSSR count). The van der Waals surface area contributed by atoms with Gasteiger partial charge in [0.2, 0.25) is 0 Å². The van der Waals surface area contributed by atoms with Crippen LogP contribution in [0.2, 0.25) is 0 Å². The molecular weight excluding hydrogens is 268 g/mol. The summed E-state index contributed by atoms with van der Waals surface area (Å²) in [6.07, 6.45) is -0.446. The lowest BCUT2D eigenvalue weighted by Gasteiger charge is -2.35. The molecule has 21 heavy (non-hydrogen) atoms. The minimum Gasteiger partial charge on any atom is -0.395 e. The van der Waals surface area contributed by atoms with E-state index in [2.05, 4.69) is 9.80 Å². The zero-order valence-corrected chi connectivity index (χ0v) is 12.5. The highest BCUT2D eigenvalue weighted by atomic mass is 16.5. The van der Waals surface area contributed by atoms with Crippen LogP contribution >= 0.6 is 0 Å². The Morgan fingerprint density at radius 1 is 1.05 bits per heavy atom. The lowest BCUT2D eigenvalue weighted by Crippen LogP contribution is -2.49. The summed E-state index contributed by atoms with van der Waals surface area (Å²) in [6, 6.07) is 10.00. The zero-order chi connectivity index (χ0) is 14.9. The molecule has 1 saturated heterocycles. The van der Waals surface area contributed by atoms with Crippen LogP contribution in [0.25, 0.3) is 0 Å². The third-order valence-electron chi connectivity index (χ3n) is 3.77. The maximum Gasteiger partial charge on any atom is 0.0900 e. The first-order valence-electron chi connectivity index (χ1n) is 7.63. The number of rotatable bonds is 8. The molecule has 0 aliphatic carbocycles. The molecule has 0 saturated carbocycles. The molecule has 1 aromatic rings. The fourth-order valence-electron chi connectivity index (χ4n) is 2.57. The van der Waals surface area contributed by atoms with Gasteiger partial charge in [-0.05, 0) is 5.56 Å². The number of piperazine rings is 1. The Morgan fingerprint density at radius 3 is 2.38 bits per heavy atom. The number of aliphatic hydroxyl groups excluding tert-OH is 2. The number of hydrogen-bond acceptors (Lipinski definition) is 5. The Morgan fingerprint density at radius 2 is 1.71 bits per heavy atom. The molecule has 2 N–H and O–H groups in total. The Labute approximate surface area is 126 Å². The summed E-state index contributed by atoms with van der Waals surface area (Å²) in [5, 5.41) is 18.9. The molecule has 0 aromatic heterocycles. The molecule has 1 aliphatic heterocycles. The Kier molecular flexibility index (Phi) is 7.12. The van der Waals surface area contributed by atoms with Crippen molar-refractivity contribution in [3.8, 4) is 0 Å². The maximum atomic E-state index is 10.0. The first-order valence-corrected chi connectivity index (χ1v) is 7.63. The highest BCUT2D eigenvalue weighted by molar-refractivity contribution is 5.13. The van der Waals surface area contributed by atoms with Crippen molar-refractivity contribution in [2.45, 2.75) is 12.7 Å². The van der Waals surface area contributed by atoms with Crippen LogP contribution in [-0.4, -0.2) is 78.6 Å². The van der Waals surface area contributed by atoms with Gasteiger partial charge >= 0.3 is 0 Å². The summed E-state index contributed by atoms with van der Waals surface area (Å²) < 4.78 is 5.56. The van der Waals surface area contributed by atoms with Gasteiger partial charge in [-0.25, -0.2) is 0 Å². The summed E-state index contributed by atoms with van der Waals surface area (Å²) in [6.45, 7) is 6.32. The fourth-order valence-corrected chi connectivity index (χ4v) is 2.57. The van der Waals surface area contributed by atoms with Crippen LogP contribution in [0.1, 0.15) is 5.56 Å². The van der Waals surface area contributed by atoms with Crippen LogP contribution in [0.5, 0.6) is 0 Å². The fraction of sp³-hybridized carbons (Fsp3) is 0.625. The van der Waals surface area contributed by atoms with Gasteiger partial charge in [0.25, 0.3) is 0 Å². The normalized spacial score (nSPS) is 18.8. The monoisotopic (exact) mass is 294 g/mol.